The van der Waals surface area contributed by atoms with Gasteiger partial charge in [-0.15, -0.1) is 11.3 Å². The molecule has 2 amide bonds. The number of thiazole rings is 1. The van der Waals surface area contributed by atoms with E-state index in [1.807, 2.05) is 11.0 Å². The molecule has 0 spiro atoms. The largest absolute Gasteiger partial charge is 0.497 e. The molecule has 3 aromatic rings. The first kappa shape index (κ1) is 23.3. The van der Waals surface area contributed by atoms with Crippen molar-refractivity contribution in [1.82, 2.24) is 14.8 Å². The lowest BCUT2D eigenvalue weighted by molar-refractivity contribution is 0.0536. The number of ether oxygens (including phenoxy) is 2. The third kappa shape index (κ3) is 4.63. The predicted molar refractivity (Wildman–Crippen MR) is 132 cm³/mol. The van der Waals surface area contributed by atoms with Crippen molar-refractivity contribution in [1.29, 1.82) is 0 Å². The van der Waals surface area contributed by atoms with Crippen LogP contribution in [0.15, 0.2) is 24.3 Å². The summed E-state index contributed by atoms with van der Waals surface area (Å²) in [5.74, 6) is 1.01. The minimum Gasteiger partial charge on any atom is -0.497 e. The SMILES string of the molecule is CCN(CC)c1nc2sc(C(=O)N3CCN(C(=O)c4ccc(OC)cc4OC)CC3)cc2s1. The maximum Gasteiger partial charge on any atom is 0.264 e. The molecule has 0 saturated carbocycles. The second kappa shape index (κ2) is 9.96. The van der Waals surface area contributed by atoms with Gasteiger partial charge in [0.1, 0.15) is 16.3 Å². The maximum atomic E-state index is 13.1. The molecule has 33 heavy (non-hydrogen) atoms. The van der Waals surface area contributed by atoms with Gasteiger partial charge in [-0.2, -0.15) is 0 Å². The summed E-state index contributed by atoms with van der Waals surface area (Å²) in [4.78, 5) is 38.2. The highest BCUT2D eigenvalue weighted by molar-refractivity contribution is 7.29. The molecule has 1 saturated heterocycles. The lowest BCUT2D eigenvalue weighted by Gasteiger charge is -2.34. The number of aromatic nitrogens is 1. The number of carbonyl (C=O) groups excluding carboxylic acids is 2. The fourth-order valence-corrected chi connectivity index (χ4v) is 6.18. The van der Waals surface area contributed by atoms with Crippen LogP contribution >= 0.6 is 22.7 Å². The standard InChI is InChI=1S/C23H28N4O4S2/c1-5-25(6-2)23-24-20-18(33-23)14-19(32-20)22(29)27-11-9-26(10-12-27)21(28)16-8-7-15(30-3)13-17(16)31-4/h7-8,13-14H,5-6,9-12H2,1-4H3. The number of rotatable bonds is 7. The normalized spacial score (nSPS) is 13.9. The number of thiophene rings is 1. The van der Waals surface area contributed by atoms with Gasteiger partial charge in [0.2, 0.25) is 0 Å². The van der Waals surface area contributed by atoms with Crippen LogP contribution in [0, 0.1) is 0 Å². The van der Waals surface area contributed by atoms with Gasteiger partial charge in [-0.25, -0.2) is 4.98 Å². The molecule has 0 aliphatic carbocycles. The number of anilines is 1. The maximum absolute atomic E-state index is 13.1. The van der Waals surface area contributed by atoms with E-state index in [0.29, 0.717) is 48.1 Å². The lowest BCUT2D eigenvalue weighted by atomic mass is 10.1. The summed E-state index contributed by atoms with van der Waals surface area (Å²) in [5.41, 5.74) is 0.492. The van der Waals surface area contributed by atoms with Crippen LogP contribution in [0.25, 0.3) is 9.53 Å². The van der Waals surface area contributed by atoms with E-state index >= 15 is 0 Å². The Labute approximate surface area is 201 Å². The second-order valence-electron chi connectivity index (χ2n) is 7.60. The highest BCUT2D eigenvalue weighted by Crippen LogP contribution is 2.35. The molecule has 10 heteroatoms. The smallest absolute Gasteiger partial charge is 0.264 e. The van der Waals surface area contributed by atoms with Crippen LogP contribution in [0.4, 0.5) is 5.13 Å². The van der Waals surface area contributed by atoms with Crippen LogP contribution in [0.3, 0.4) is 0 Å². The zero-order valence-corrected chi connectivity index (χ0v) is 20.9. The van der Waals surface area contributed by atoms with Crippen molar-refractivity contribution in [2.75, 3.05) is 58.4 Å². The van der Waals surface area contributed by atoms with E-state index in [0.717, 1.165) is 27.8 Å². The molecule has 176 valence electrons. The van der Waals surface area contributed by atoms with E-state index in [9.17, 15) is 9.59 Å². The van der Waals surface area contributed by atoms with Gasteiger partial charge in [0.15, 0.2) is 5.13 Å². The quantitative estimate of drug-likeness (QED) is 0.503. The van der Waals surface area contributed by atoms with E-state index < -0.39 is 0 Å². The van der Waals surface area contributed by atoms with E-state index in [2.05, 4.69) is 18.7 Å². The van der Waals surface area contributed by atoms with Crippen molar-refractivity contribution in [3.05, 3.63) is 34.7 Å². The Balaban J connectivity index is 1.41. The molecule has 2 aromatic heterocycles. The number of carbonyl (C=O) groups is 2. The highest BCUT2D eigenvalue weighted by Gasteiger charge is 2.28. The van der Waals surface area contributed by atoms with Crippen molar-refractivity contribution in [2.45, 2.75) is 13.8 Å². The molecule has 1 aliphatic rings. The Morgan fingerprint density at radius 3 is 2.21 bits per heavy atom. The van der Waals surface area contributed by atoms with Gasteiger partial charge in [0.25, 0.3) is 11.8 Å². The Hall–Kier alpha value is -2.85. The first-order valence-electron chi connectivity index (χ1n) is 10.9. The fraction of sp³-hybridized carbons (Fsp3) is 0.435. The van der Waals surface area contributed by atoms with Gasteiger partial charge < -0.3 is 24.2 Å². The molecule has 0 unspecified atom stereocenters. The molecule has 0 bridgehead atoms. The van der Waals surface area contributed by atoms with Crippen LogP contribution in [-0.2, 0) is 0 Å². The number of nitrogens with zero attached hydrogens (tertiary/aromatic N) is 4. The van der Waals surface area contributed by atoms with Gasteiger partial charge in [0, 0.05) is 45.3 Å². The van der Waals surface area contributed by atoms with Crippen molar-refractivity contribution in [3.63, 3.8) is 0 Å². The van der Waals surface area contributed by atoms with E-state index in [4.69, 9.17) is 14.5 Å². The fourth-order valence-electron chi connectivity index (χ4n) is 3.87. The van der Waals surface area contributed by atoms with Crippen molar-refractivity contribution < 1.29 is 19.1 Å². The van der Waals surface area contributed by atoms with Crippen LogP contribution in [0.5, 0.6) is 11.5 Å². The van der Waals surface area contributed by atoms with Crippen molar-refractivity contribution in [3.8, 4) is 11.5 Å². The number of hydrogen-bond acceptors (Lipinski definition) is 8. The van der Waals surface area contributed by atoms with Crippen molar-refractivity contribution >= 4 is 49.1 Å². The van der Waals surface area contributed by atoms with E-state index in [1.165, 1.54) is 18.4 Å². The Morgan fingerprint density at radius 1 is 0.970 bits per heavy atom. The third-order valence-electron chi connectivity index (χ3n) is 5.82. The molecule has 3 heterocycles. The number of hydrogen-bond donors (Lipinski definition) is 0. The van der Waals surface area contributed by atoms with E-state index in [1.54, 1.807) is 41.5 Å². The van der Waals surface area contributed by atoms with Crippen LogP contribution in [0.2, 0.25) is 0 Å². The molecule has 0 radical (unpaired) electrons. The topological polar surface area (TPSA) is 75.2 Å². The van der Waals surface area contributed by atoms with Gasteiger partial charge in [-0.05, 0) is 32.0 Å². The first-order valence-corrected chi connectivity index (χ1v) is 12.6. The number of methoxy groups -OCH3 is 2. The average molecular weight is 489 g/mol. The number of amides is 2. The predicted octanol–water partition coefficient (Wildman–Crippen LogP) is 3.82. The molecule has 4 rings (SSSR count). The van der Waals surface area contributed by atoms with Crippen LogP contribution in [-0.4, -0.2) is 80.1 Å². The summed E-state index contributed by atoms with van der Waals surface area (Å²) in [6.07, 6.45) is 0. The number of piperazine rings is 1. The van der Waals surface area contributed by atoms with Gasteiger partial charge in [0.05, 0.1) is 29.4 Å². The summed E-state index contributed by atoms with van der Waals surface area (Å²) in [7, 11) is 3.11. The Kier molecular flexibility index (Phi) is 7.04. The monoisotopic (exact) mass is 488 g/mol. The molecular weight excluding hydrogens is 460 g/mol. The number of benzene rings is 1. The summed E-state index contributed by atoms with van der Waals surface area (Å²) in [5, 5.41) is 1.00. The van der Waals surface area contributed by atoms with E-state index in [-0.39, 0.29) is 11.8 Å². The molecular formula is C23H28N4O4S2. The van der Waals surface area contributed by atoms with Gasteiger partial charge >= 0.3 is 0 Å². The molecule has 1 aromatic carbocycles. The number of fused-ring (bicyclic) bond motifs is 1. The lowest BCUT2D eigenvalue weighted by Crippen LogP contribution is -2.50. The summed E-state index contributed by atoms with van der Waals surface area (Å²) < 4.78 is 11.6. The molecule has 8 nitrogen and oxygen atoms in total. The molecule has 0 N–H and O–H groups in total. The summed E-state index contributed by atoms with van der Waals surface area (Å²) in [6, 6.07) is 7.12. The third-order valence-corrected chi connectivity index (χ3v) is 8.03. The minimum atomic E-state index is -0.105. The average Bonchev–Trinajstić information content (AvgIpc) is 3.43. The summed E-state index contributed by atoms with van der Waals surface area (Å²) >= 11 is 3.07. The zero-order valence-electron chi connectivity index (χ0n) is 19.3. The van der Waals surface area contributed by atoms with Crippen LogP contribution < -0.4 is 14.4 Å². The first-order chi connectivity index (χ1) is 16.0. The zero-order chi connectivity index (χ0) is 23.5. The van der Waals surface area contributed by atoms with Crippen LogP contribution in [0.1, 0.15) is 33.9 Å². The van der Waals surface area contributed by atoms with Gasteiger partial charge in [-0.1, -0.05) is 11.3 Å². The van der Waals surface area contributed by atoms with Gasteiger partial charge in [-0.3, -0.25) is 9.59 Å². The molecule has 1 aliphatic heterocycles. The second-order valence-corrected chi connectivity index (χ2v) is 9.64. The molecule has 1 fully saturated rings. The minimum absolute atomic E-state index is 0.00344. The molecule has 0 atom stereocenters. The van der Waals surface area contributed by atoms with Crippen molar-refractivity contribution in [2.24, 2.45) is 0 Å². The Morgan fingerprint density at radius 2 is 1.64 bits per heavy atom. The highest BCUT2D eigenvalue weighted by atomic mass is 32.1. The Bertz CT molecular complexity index is 1120. The summed E-state index contributed by atoms with van der Waals surface area (Å²) in [6.45, 7) is 7.99.